The zero-order chi connectivity index (χ0) is 16.1. The molecule has 0 fully saturated rings. The monoisotopic (exact) mass is 308 g/mol. The number of rotatable bonds is 7. The lowest BCUT2D eigenvalue weighted by atomic mass is 9.91. The van der Waals surface area contributed by atoms with Crippen molar-refractivity contribution in [3.05, 3.63) is 0 Å². The highest BCUT2D eigenvalue weighted by atomic mass is 19.4. The molecule has 0 bridgehead atoms. The quantitative estimate of drug-likeness (QED) is 0.734. The average molecular weight is 308 g/mol. The number of ketones is 2. The molecule has 0 heterocycles. The van der Waals surface area contributed by atoms with Crippen molar-refractivity contribution in [1.82, 2.24) is 0 Å². The Kier molecular flexibility index (Phi) is 6.17. The molecule has 0 aliphatic carbocycles. The van der Waals surface area contributed by atoms with E-state index in [0.717, 1.165) is 0 Å². The Morgan fingerprint density at radius 1 is 0.850 bits per heavy atom. The van der Waals surface area contributed by atoms with E-state index in [1.54, 1.807) is 0 Å². The summed E-state index contributed by atoms with van der Waals surface area (Å²) in [4.78, 5) is 31.6. The molecule has 10 heteroatoms. The third-order valence-corrected chi connectivity index (χ3v) is 2.35. The van der Waals surface area contributed by atoms with Gasteiger partial charge in [0.25, 0.3) is 0 Å². The van der Waals surface area contributed by atoms with Crippen LogP contribution >= 0.6 is 0 Å². The van der Waals surface area contributed by atoms with Crippen LogP contribution in [0.15, 0.2) is 0 Å². The molecule has 0 spiro atoms. The van der Waals surface area contributed by atoms with Crippen molar-refractivity contribution in [3.8, 4) is 0 Å². The molecule has 116 valence electrons. The van der Waals surface area contributed by atoms with Gasteiger partial charge in [-0.2, -0.15) is 26.3 Å². The Morgan fingerprint density at radius 3 is 1.45 bits per heavy atom. The minimum atomic E-state index is -5.23. The molecule has 0 aromatic rings. The second-order valence-electron chi connectivity index (χ2n) is 4.05. The molecule has 0 unspecified atom stereocenters. The normalized spacial score (nSPS) is 12.6. The minimum Gasteiger partial charge on any atom is -0.481 e. The van der Waals surface area contributed by atoms with E-state index in [9.17, 15) is 40.7 Å². The molecular formula is C10H10F6O4. The van der Waals surface area contributed by atoms with Gasteiger partial charge in [0.2, 0.25) is 11.6 Å². The lowest BCUT2D eigenvalue weighted by Crippen LogP contribution is -2.29. The summed E-state index contributed by atoms with van der Waals surface area (Å²) < 4.78 is 72.0. The molecule has 0 aliphatic heterocycles. The predicted octanol–water partition coefficient (Wildman–Crippen LogP) is 2.51. The molecule has 0 rings (SSSR count). The first-order valence-electron chi connectivity index (χ1n) is 5.26. The van der Waals surface area contributed by atoms with Crippen molar-refractivity contribution in [3.63, 3.8) is 0 Å². The maximum absolute atomic E-state index is 12.0. The molecule has 0 saturated carbocycles. The number of carboxylic acid groups (broad SMARTS) is 1. The van der Waals surface area contributed by atoms with Gasteiger partial charge < -0.3 is 5.11 Å². The lowest BCUT2D eigenvalue weighted by Gasteiger charge is -2.16. The summed E-state index contributed by atoms with van der Waals surface area (Å²) in [5, 5.41) is 8.34. The number of carbonyl (C=O) groups excluding carboxylic acids is 2. The van der Waals surface area contributed by atoms with Crippen LogP contribution in [0.5, 0.6) is 0 Å². The van der Waals surface area contributed by atoms with Crippen molar-refractivity contribution in [2.24, 2.45) is 5.92 Å². The Labute approximate surface area is 108 Å². The number of aliphatic carboxylic acids is 1. The van der Waals surface area contributed by atoms with Crippen LogP contribution in [0.1, 0.15) is 25.7 Å². The number of carboxylic acids is 1. The van der Waals surface area contributed by atoms with Crippen molar-refractivity contribution in [2.45, 2.75) is 38.0 Å². The van der Waals surface area contributed by atoms with Crippen LogP contribution < -0.4 is 0 Å². The first kappa shape index (κ1) is 18.4. The summed E-state index contributed by atoms with van der Waals surface area (Å²) in [6.07, 6.45) is -14.5. The van der Waals surface area contributed by atoms with Crippen LogP contribution in [0.3, 0.4) is 0 Å². The maximum atomic E-state index is 12.0. The van der Waals surface area contributed by atoms with E-state index in [2.05, 4.69) is 0 Å². The van der Waals surface area contributed by atoms with E-state index in [1.165, 1.54) is 0 Å². The minimum absolute atomic E-state index is 0.626. The third-order valence-electron chi connectivity index (χ3n) is 2.35. The lowest BCUT2D eigenvalue weighted by molar-refractivity contribution is -0.175. The van der Waals surface area contributed by atoms with Crippen LogP contribution in [0.2, 0.25) is 0 Å². The smallest absolute Gasteiger partial charge is 0.449 e. The molecular weight excluding hydrogens is 298 g/mol. The van der Waals surface area contributed by atoms with E-state index in [0.29, 0.717) is 0 Å². The van der Waals surface area contributed by atoms with E-state index in [-0.39, 0.29) is 0 Å². The molecule has 0 atom stereocenters. The van der Waals surface area contributed by atoms with Crippen LogP contribution in [0.25, 0.3) is 0 Å². The summed E-state index contributed by atoms with van der Waals surface area (Å²) in [7, 11) is 0. The highest BCUT2D eigenvalue weighted by molar-refractivity contribution is 5.87. The number of carbonyl (C=O) groups is 3. The summed E-state index contributed by atoms with van der Waals surface area (Å²) in [5.41, 5.74) is 0. The standard InChI is InChI=1S/C10H10F6O4/c11-9(12,13)6(17)3-5(1-2-8(19)20)4-7(18)10(14,15)16/h5H,1-4H2,(H,19,20). The molecule has 0 aliphatic rings. The molecule has 20 heavy (non-hydrogen) atoms. The van der Waals surface area contributed by atoms with Gasteiger partial charge in [0.1, 0.15) is 0 Å². The molecule has 0 saturated heterocycles. The number of Topliss-reactive ketones (excluding diaryl/α,β-unsaturated/α-hetero) is 2. The van der Waals surface area contributed by atoms with Gasteiger partial charge >= 0.3 is 18.3 Å². The average Bonchev–Trinajstić information content (AvgIpc) is 2.22. The van der Waals surface area contributed by atoms with Gasteiger partial charge in [0, 0.05) is 19.3 Å². The topological polar surface area (TPSA) is 71.4 Å². The fraction of sp³-hybridized carbons (Fsp3) is 0.700. The first-order valence-corrected chi connectivity index (χ1v) is 5.26. The molecule has 0 aromatic heterocycles. The van der Waals surface area contributed by atoms with Crippen LogP contribution in [-0.4, -0.2) is 35.0 Å². The second-order valence-corrected chi connectivity index (χ2v) is 4.05. The number of hydrogen-bond donors (Lipinski definition) is 1. The Morgan fingerprint density at radius 2 is 1.20 bits per heavy atom. The van der Waals surface area contributed by atoms with Crippen molar-refractivity contribution in [1.29, 1.82) is 0 Å². The third kappa shape index (κ3) is 7.10. The molecule has 0 radical (unpaired) electrons. The van der Waals surface area contributed by atoms with Crippen molar-refractivity contribution >= 4 is 17.5 Å². The fourth-order valence-corrected chi connectivity index (χ4v) is 1.36. The highest BCUT2D eigenvalue weighted by Gasteiger charge is 2.42. The second kappa shape index (κ2) is 6.71. The van der Waals surface area contributed by atoms with E-state index in [1.807, 2.05) is 0 Å². The maximum Gasteiger partial charge on any atom is 0.449 e. The van der Waals surface area contributed by atoms with Crippen molar-refractivity contribution < 1.29 is 45.8 Å². The molecule has 1 N–H and O–H groups in total. The number of alkyl halides is 6. The zero-order valence-corrected chi connectivity index (χ0v) is 9.85. The van der Waals surface area contributed by atoms with Crippen LogP contribution in [-0.2, 0) is 14.4 Å². The molecule has 0 aromatic carbocycles. The van der Waals surface area contributed by atoms with Crippen LogP contribution in [0, 0.1) is 5.92 Å². The zero-order valence-electron chi connectivity index (χ0n) is 9.85. The summed E-state index contributed by atoms with van der Waals surface area (Å²) in [6.45, 7) is 0. The van der Waals surface area contributed by atoms with E-state index in [4.69, 9.17) is 5.11 Å². The van der Waals surface area contributed by atoms with Gasteiger partial charge in [-0.25, -0.2) is 0 Å². The van der Waals surface area contributed by atoms with Gasteiger partial charge in [-0.15, -0.1) is 0 Å². The van der Waals surface area contributed by atoms with Gasteiger partial charge in [-0.05, 0) is 12.3 Å². The Balaban J connectivity index is 4.78. The largest absolute Gasteiger partial charge is 0.481 e. The van der Waals surface area contributed by atoms with E-state index < -0.39 is 61.5 Å². The molecule has 0 amide bonds. The van der Waals surface area contributed by atoms with E-state index >= 15 is 0 Å². The predicted molar refractivity (Wildman–Crippen MR) is 51.7 cm³/mol. The molecule has 4 nitrogen and oxygen atoms in total. The summed E-state index contributed by atoms with van der Waals surface area (Å²) in [5.74, 6) is -7.64. The Hall–Kier alpha value is -1.61. The van der Waals surface area contributed by atoms with Crippen LogP contribution in [0.4, 0.5) is 26.3 Å². The van der Waals surface area contributed by atoms with Gasteiger partial charge in [-0.3, -0.25) is 14.4 Å². The number of hydrogen-bond acceptors (Lipinski definition) is 3. The Bertz CT molecular complexity index is 356. The summed E-state index contributed by atoms with van der Waals surface area (Å²) in [6, 6.07) is 0. The SMILES string of the molecule is O=C(O)CCC(CC(=O)C(F)(F)F)CC(=O)C(F)(F)F. The fourth-order valence-electron chi connectivity index (χ4n) is 1.36. The van der Waals surface area contributed by atoms with Crippen molar-refractivity contribution in [2.75, 3.05) is 0 Å². The highest BCUT2D eigenvalue weighted by Crippen LogP contribution is 2.28. The first-order chi connectivity index (χ1) is 8.84. The van der Waals surface area contributed by atoms with Gasteiger partial charge in [0.15, 0.2) is 0 Å². The summed E-state index contributed by atoms with van der Waals surface area (Å²) >= 11 is 0. The number of halogens is 6. The van der Waals surface area contributed by atoms with Gasteiger partial charge in [-0.1, -0.05) is 0 Å². The van der Waals surface area contributed by atoms with Gasteiger partial charge in [0.05, 0.1) is 0 Å².